The third kappa shape index (κ3) is 1.71. The molecule has 0 amide bonds. The Morgan fingerprint density at radius 1 is 1.83 bits per heavy atom. The molecule has 1 aromatic rings. The molecule has 5 heteroatoms. The third-order valence-corrected chi connectivity index (χ3v) is 2.29. The van der Waals surface area contributed by atoms with E-state index in [1.165, 1.54) is 0 Å². The first kappa shape index (κ1) is 8.94. The molecule has 1 rings (SSSR count). The van der Waals surface area contributed by atoms with Crippen molar-refractivity contribution in [1.29, 1.82) is 5.26 Å². The molecular formula is C7H10N4S. The van der Waals surface area contributed by atoms with Crippen LogP contribution in [0.25, 0.3) is 0 Å². The summed E-state index contributed by atoms with van der Waals surface area (Å²) in [6.45, 7) is 2.07. The smallest absolute Gasteiger partial charge is 0.182 e. The monoisotopic (exact) mass is 182 g/mol. The molecule has 0 saturated heterocycles. The van der Waals surface area contributed by atoms with E-state index >= 15 is 0 Å². The summed E-state index contributed by atoms with van der Waals surface area (Å²) in [4.78, 5) is 3.85. The lowest BCUT2D eigenvalue weighted by Crippen LogP contribution is -2.00. The lowest BCUT2D eigenvalue weighted by Gasteiger charge is -2.01. The van der Waals surface area contributed by atoms with Crippen molar-refractivity contribution in [2.24, 2.45) is 0 Å². The zero-order valence-electron chi connectivity index (χ0n) is 6.82. The number of aromatic nitrogens is 2. The van der Waals surface area contributed by atoms with Crippen LogP contribution >= 0.6 is 11.8 Å². The van der Waals surface area contributed by atoms with E-state index in [2.05, 4.69) is 11.9 Å². The maximum atomic E-state index is 8.54. The van der Waals surface area contributed by atoms with Crippen LogP contribution in [0.4, 0.5) is 5.82 Å². The van der Waals surface area contributed by atoms with Gasteiger partial charge in [0.15, 0.2) is 5.69 Å². The number of hydrogen-bond donors (Lipinski definition) is 1. The highest BCUT2D eigenvalue weighted by molar-refractivity contribution is 7.98. The van der Waals surface area contributed by atoms with Gasteiger partial charge in [0.25, 0.3) is 0 Å². The van der Waals surface area contributed by atoms with Crippen LogP contribution in [0.3, 0.4) is 0 Å². The summed E-state index contributed by atoms with van der Waals surface area (Å²) in [5.41, 5.74) is 5.93. The van der Waals surface area contributed by atoms with Crippen molar-refractivity contribution in [2.75, 3.05) is 11.5 Å². The zero-order chi connectivity index (χ0) is 8.97. The second-order valence-electron chi connectivity index (χ2n) is 2.18. The van der Waals surface area contributed by atoms with E-state index in [-0.39, 0.29) is 0 Å². The zero-order valence-corrected chi connectivity index (χ0v) is 7.64. The Hall–Kier alpha value is -1.15. The minimum atomic E-state index is 0.312. The second-order valence-corrected chi connectivity index (χ2v) is 3.43. The Labute approximate surface area is 75.4 Å². The first-order chi connectivity index (χ1) is 5.79. The molecule has 0 unspecified atom stereocenters. The third-order valence-electron chi connectivity index (χ3n) is 1.42. The summed E-state index contributed by atoms with van der Waals surface area (Å²) in [5, 5.41) is 8.54. The number of imidazole rings is 1. The largest absolute Gasteiger partial charge is 0.383 e. The van der Waals surface area contributed by atoms with Gasteiger partial charge in [0, 0.05) is 0 Å². The lowest BCUT2D eigenvalue weighted by molar-refractivity contribution is 0.901. The maximum Gasteiger partial charge on any atom is 0.182 e. The number of nitrogens with zero attached hydrogens (tertiary/aromatic N) is 3. The standard InChI is InChI=1S/C7H10N4S/c1-2-12-5-11-4-10-6(3-8)7(11)9/h4H,2,5,9H2,1H3. The van der Waals surface area contributed by atoms with Gasteiger partial charge in [0.1, 0.15) is 11.9 Å². The van der Waals surface area contributed by atoms with Gasteiger partial charge in [0.2, 0.25) is 0 Å². The molecule has 0 aliphatic rings. The molecule has 0 aliphatic heterocycles. The fourth-order valence-corrected chi connectivity index (χ4v) is 1.36. The molecule has 0 spiro atoms. The molecule has 12 heavy (non-hydrogen) atoms. The fraction of sp³-hybridized carbons (Fsp3) is 0.429. The average molecular weight is 182 g/mol. The maximum absolute atomic E-state index is 8.54. The van der Waals surface area contributed by atoms with E-state index in [1.807, 2.05) is 6.07 Å². The topological polar surface area (TPSA) is 67.6 Å². The Morgan fingerprint density at radius 3 is 3.08 bits per heavy atom. The minimum absolute atomic E-state index is 0.312. The number of nitriles is 1. The van der Waals surface area contributed by atoms with Gasteiger partial charge in [-0.15, -0.1) is 11.8 Å². The fourth-order valence-electron chi connectivity index (χ4n) is 0.770. The van der Waals surface area contributed by atoms with E-state index in [9.17, 15) is 0 Å². The molecule has 1 heterocycles. The summed E-state index contributed by atoms with van der Waals surface area (Å²) in [7, 11) is 0. The van der Waals surface area contributed by atoms with Crippen molar-refractivity contribution >= 4 is 17.6 Å². The first-order valence-corrected chi connectivity index (χ1v) is 4.73. The molecule has 2 N–H and O–H groups in total. The van der Waals surface area contributed by atoms with Gasteiger partial charge in [-0.05, 0) is 5.75 Å². The number of rotatable bonds is 3. The SMILES string of the molecule is CCSCn1cnc(C#N)c1N. The number of thioether (sulfide) groups is 1. The number of anilines is 1. The number of nitrogens with two attached hydrogens (primary N) is 1. The van der Waals surface area contributed by atoms with E-state index in [1.54, 1.807) is 22.7 Å². The van der Waals surface area contributed by atoms with E-state index in [0.29, 0.717) is 11.5 Å². The van der Waals surface area contributed by atoms with Crippen LogP contribution in [0.5, 0.6) is 0 Å². The van der Waals surface area contributed by atoms with Crippen LogP contribution in [-0.2, 0) is 5.88 Å². The van der Waals surface area contributed by atoms with Gasteiger partial charge in [-0.2, -0.15) is 5.26 Å². The average Bonchev–Trinajstić information content (AvgIpc) is 2.43. The van der Waals surface area contributed by atoms with Gasteiger partial charge in [-0.1, -0.05) is 6.92 Å². The van der Waals surface area contributed by atoms with Crippen molar-refractivity contribution < 1.29 is 0 Å². The molecule has 0 atom stereocenters. The van der Waals surface area contributed by atoms with Gasteiger partial charge in [0.05, 0.1) is 12.2 Å². The Balaban J connectivity index is 2.75. The highest BCUT2D eigenvalue weighted by Gasteiger charge is 2.04. The highest BCUT2D eigenvalue weighted by atomic mass is 32.2. The number of nitrogen functional groups attached to an aromatic ring is 1. The van der Waals surface area contributed by atoms with Gasteiger partial charge in [-0.3, -0.25) is 0 Å². The van der Waals surface area contributed by atoms with Crippen LogP contribution in [0.2, 0.25) is 0 Å². The molecule has 0 aromatic carbocycles. The molecule has 0 bridgehead atoms. The minimum Gasteiger partial charge on any atom is -0.383 e. The lowest BCUT2D eigenvalue weighted by atomic mass is 10.5. The predicted octanol–water partition coefficient (Wildman–Crippen LogP) is 1.05. The Bertz CT molecular complexity index is 299. The van der Waals surface area contributed by atoms with Crippen LogP contribution < -0.4 is 5.73 Å². The van der Waals surface area contributed by atoms with E-state index in [0.717, 1.165) is 11.6 Å². The van der Waals surface area contributed by atoms with Crippen molar-refractivity contribution in [2.45, 2.75) is 12.8 Å². The van der Waals surface area contributed by atoms with Crippen LogP contribution in [0.15, 0.2) is 6.33 Å². The van der Waals surface area contributed by atoms with Gasteiger partial charge >= 0.3 is 0 Å². The van der Waals surface area contributed by atoms with Crippen molar-refractivity contribution in [3.8, 4) is 6.07 Å². The van der Waals surface area contributed by atoms with Crippen molar-refractivity contribution in [1.82, 2.24) is 9.55 Å². The summed E-state index contributed by atoms with van der Waals surface area (Å²) < 4.78 is 1.77. The summed E-state index contributed by atoms with van der Waals surface area (Å²) in [6.07, 6.45) is 1.59. The highest BCUT2D eigenvalue weighted by Crippen LogP contribution is 2.12. The Morgan fingerprint density at radius 2 is 2.58 bits per heavy atom. The summed E-state index contributed by atoms with van der Waals surface area (Å²) in [6, 6.07) is 1.93. The summed E-state index contributed by atoms with van der Waals surface area (Å²) >= 11 is 1.73. The van der Waals surface area contributed by atoms with Crippen molar-refractivity contribution in [3.05, 3.63) is 12.0 Å². The molecule has 64 valence electrons. The molecule has 0 saturated carbocycles. The summed E-state index contributed by atoms with van der Waals surface area (Å²) in [5.74, 6) is 2.25. The first-order valence-electron chi connectivity index (χ1n) is 3.58. The Kier molecular flexibility index (Phi) is 3.00. The second kappa shape index (κ2) is 4.02. The van der Waals surface area contributed by atoms with Crippen LogP contribution in [-0.4, -0.2) is 15.3 Å². The normalized spacial score (nSPS) is 9.67. The van der Waals surface area contributed by atoms with Crippen molar-refractivity contribution in [3.63, 3.8) is 0 Å². The quantitative estimate of drug-likeness (QED) is 0.758. The number of hydrogen-bond acceptors (Lipinski definition) is 4. The molecular weight excluding hydrogens is 172 g/mol. The van der Waals surface area contributed by atoms with Crippen LogP contribution in [0, 0.1) is 11.3 Å². The molecule has 0 radical (unpaired) electrons. The van der Waals surface area contributed by atoms with E-state index in [4.69, 9.17) is 11.0 Å². The van der Waals surface area contributed by atoms with Gasteiger partial charge < -0.3 is 10.3 Å². The predicted molar refractivity (Wildman–Crippen MR) is 49.5 cm³/mol. The van der Waals surface area contributed by atoms with E-state index < -0.39 is 0 Å². The molecule has 4 nitrogen and oxygen atoms in total. The molecule has 0 fully saturated rings. The van der Waals surface area contributed by atoms with Gasteiger partial charge in [-0.25, -0.2) is 4.98 Å². The molecule has 1 aromatic heterocycles. The molecule has 0 aliphatic carbocycles. The van der Waals surface area contributed by atoms with Crippen LogP contribution in [0.1, 0.15) is 12.6 Å².